The molecular formula is C13H22N4O3. The van der Waals surface area contributed by atoms with Crippen molar-refractivity contribution < 1.29 is 14.4 Å². The Morgan fingerprint density at radius 3 is 3.10 bits per heavy atom. The minimum Gasteiger partial charge on any atom is -0.395 e. The summed E-state index contributed by atoms with van der Waals surface area (Å²) in [4.78, 5) is 14.2. The summed E-state index contributed by atoms with van der Waals surface area (Å²) < 4.78 is 5.18. The van der Waals surface area contributed by atoms with Crippen LogP contribution in [0.1, 0.15) is 19.6 Å². The molecule has 7 nitrogen and oxygen atoms in total. The van der Waals surface area contributed by atoms with Gasteiger partial charge in [0.2, 0.25) is 5.91 Å². The lowest BCUT2D eigenvalue weighted by molar-refractivity contribution is -0.121. The van der Waals surface area contributed by atoms with Crippen molar-refractivity contribution in [2.75, 3.05) is 38.6 Å². The number of aliphatic hydroxyl groups is 1. The molecule has 3 N–H and O–H groups in total. The highest BCUT2D eigenvalue weighted by Crippen LogP contribution is 2.24. The van der Waals surface area contributed by atoms with Crippen LogP contribution >= 0.6 is 0 Å². The van der Waals surface area contributed by atoms with Gasteiger partial charge in [0.1, 0.15) is 11.8 Å². The number of hydrogen-bond acceptors (Lipinski definition) is 6. The van der Waals surface area contributed by atoms with E-state index in [9.17, 15) is 9.90 Å². The maximum absolute atomic E-state index is 12.2. The van der Waals surface area contributed by atoms with E-state index in [0.717, 1.165) is 13.1 Å². The topological polar surface area (TPSA) is 90.6 Å². The maximum Gasteiger partial charge on any atom is 0.244 e. The van der Waals surface area contributed by atoms with Gasteiger partial charge in [0.25, 0.3) is 0 Å². The van der Waals surface area contributed by atoms with Gasteiger partial charge in [-0.1, -0.05) is 19.0 Å². The molecule has 112 valence electrons. The number of nitrogens with zero attached hydrogens (tertiary/aromatic N) is 2. The smallest absolute Gasteiger partial charge is 0.244 e. The number of likely N-dealkylation sites (N-methyl/N-ethyl adjacent to an activating group) is 1. The van der Waals surface area contributed by atoms with E-state index < -0.39 is 5.41 Å². The summed E-state index contributed by atoms with van der Waals surface area (Å²) >= 11 is 0. The molecule has 20 heavy (non-hydrogen) atoms. The first-order valence-electron chi connectivity index (χ1n) is 6.74. The fourth-order valence-electron chi connectivity index (χ4n) is 2.04. The van der Waals surface area contributed by atoms with Gasteiger partial charge < -0.3 is 20.3 Å². The number of aromatic nitrogens is 1. The van der Waals surface area contributed by atoms with E-state index in [1.54, 1.807) is 6.07 Å². The molecule has 0 aliphatic carbocycles. The highest BCUT2D eigenvalue weighted by atomic mass is 16.5. The summed E-state index contributed by atoms with van der Waals surface area (Å²) in [5.74, 6) is 0.817. The first-order valence-corrected chi connectivity index (χ1v) is 6.74. The molecule has 0 radical (unpaired) electrons. The van der Waals surface area contributed by atoms with Crippen LogP contribution in [0.4, 0.5) is 5.82 Å². The van der Waals surface area contributed by atoms with Crippen LogP contribution in [0.25, 0.3) is 0 Å². The summed E-state index contributed by atoms with van der Waals surface area (Å²) in [6.07, 6.45) is 0. The van der Waals surface area contributed by atoms with E-state index in [1.165, 1.54) is 0 Å². The van der Waals surface area contributed by atoms with Crippen molar-refractivity contribution in [3.63, 3.8) is 0 Å². The molecule has 0 saturated carbocycles. The highest BCUT2D eigenvalue weighted by molar-refractivity contribution is 5.94. The van der Waals surface area contributed by atoms with Gasteiger partial charge in [-0.3, -0.25) is 9.69 Å². The standard InChI is InChI=1S/C13H22N4O3/c1-13(2,8-18)10-6-11(16-20-10)15-12(19)9-7-14-4-5-17(9)3/h6,9,14,18H,4-5,7-8H2,1-3H3,(H,15,16,19). The summed E-state index contributed by atoms with van der Waals surface area (Å²) in [7, 11) is 1.92. The predicted molar refractivity (Wildman–Crippen MR) is 74.5 cm³/mol. The highest BCUT2D eigenvalue weighted by Gasteiger charge is 2.28. The van der Waals surface area contributed by atoms with E-state index in [0.29, 0.717) is 18.1 Å². The number of piperazine rings is 1. The average molecular weight is 282 g/mol. The van der Waals surface area contributed by atoms with Crippen molar-refractivity contribution in [3.8, 4) is 0 Å². The number of hydrogen-bond donors (Lipinski definition) is 3. The second-order valence-electron chi connectivity index (χ2n) is 5.81. The van der Waals surface area contributed by atoms with E-state index in [2.05, 4.69) is 15.8 Å². The third kappa shape index (κ3) is 3.17. The number of amides is 1. The third-order valence-electron chi connectivity index (χ3n) is 3.64. The Morgan fingerprint density at radius 2 is 2.45 bits per heavy atom. The minimum atomic E-state index is -0.515. The average Bonchev–Trinajstić information content (AvgIpc) is 2.88. The number of carbonyl (C=O) groups is 1. The van der Waals surface area contributed by atoms with Crippen LogP contribution in [-0.2, 0) is 10.2 Å². The third-order valence-corrected chi connectivity index (χ3v) is 3.64. The van der Waals surface area contributed by atoms with Crippen LogP contribution < -0.4 is 10.6 Å². The van der Waals surface area contributed by atoms with E-state index in [1.807, 2.05) is 25.8 Å². The maximum atomic E-state index is 12.2. The number of nitrogens with one attached hydrogen (secondary N) is 2. The Bertz CT molecular complexity index is 472. The molecule has 1 aliphatic heterocycles. The van der Waals surface area contributed by atoms with Crippen LogP contribution in [-0.4, -0.2) is 60.4 Å². The predicted octanol–water partition coefficient (Wildman–Crippen LogP) is -0.213. The molecule has 1 atom stereocenters. The zero-order valence-corrected chi connectivity index (χ0v) is 12.1. The molecule has 0 spiro atoms. The molecule has 1 aromatic heterocycles. The molecule has 1 fully saturated rings. The molecule has 1 unspecified atom stereocenters. The Morgan fingerprint density at radius 1 is 1.70 bits per heavy atom. The van der Waals surface area contributed by atoms with Gasteiger partial charge in [0.15, 0.2) is 5.82 Å². The van der Waals surface area contributed by atoms with Crippen molar-refractivity contribution in [1.29, 1.82) is 0 Å². The van der Waals surface area contributed by atoms with Crippen molar-refractivity contribution in [2.45, 2.75) is 25.3 Å². The number of anilines is 1. The van der Waals surface area contributed by atoms with Crippen LogP contribution in [0.5, 0.6) is 0 Å². The Hall–Kier alpha value is -1.44. The number of rotatable bonds is 4. The Kier molecular flexibility index (Phi) is 4.42. The zero-order valence-electron chi connectivity index (χ0n) is 12.1. The second kappa shape index (κ2) is 5.90. The SMILES string of the molecule is CN1CCNCC1C(=O)Nc1cc(C(C)(C)CO)on1. The van der Waals surface area contributed by atoms with E-state index in [-0.39, 0.29) is 18.6 Å². The molecule has 2 heterocycles. The molecule has 1 amide bonds. The van der Waals surface area contributed by atoms with Gasteiger partial charge in [-0.15, -0.1) is 0 Å². The van der Waals surface area contributed by atoms with Gasteiger partial charge >= 0.3 is 0 Å². The molecule has 0 aromatic carbocycles. The molecule has 1 aromatic rings. The summed E-state index contributed by atoms with van der Waals surface area (Å²) in [6.45, 7) is 5.98. The van der Waals surface area contributed by atoms with Gasteiger partial charge in [-0.2, -0.15) is 0 Å². The number of carbonyl (C=O) groups excluding carboxylic acids is 1. The van der Waals surface area contributed by atoms with Crippen molar-refractivity contribution >= 4 is 11.7 Å². The lowest BCUT2D eigenvalue weighted by Gasteiger charge is -2.31. The molecule has 0 bridgehead atoms. The van der Waals surface area contributed by atoms with Crippen molar-refractivity contribution in [3.05, 3.63) is 11.8 Å². The first-order chi connectivity index (χ1) is 9.44. The lowest BCUT2D eigenvalue weighted by Crippen LogP contribution is -2.54. The van der Waals surface area contributed by atoms with Crippen LogP contribution in [0, 0.1) is 0 Å². The molecule has 1 aliphatic rings. The summed E-state index contributed by atoms with van der Waals surface area (Å²) in [5, 5.41) is 19.1. The molecular weight excluding hydrogens is 260 g/mol. The van der Waals surface area contributed by atoms with Crippen molar-refractivity contribution in [1.82, 2.24) is 15.4 Å². The monoisotopic (exact) mass is 282 g/mol. The summed E-state index contributed by atoms with van der Waals surface area (Å²) in [6, 6.07) is 1.44. The normalized spacial score (nSPS) is 20.9. The van der Waals surface area contributed by atoms with Gasteiger partial charge in [0, 0.05) is 31.1 Å². The van der Waals surface area contributed by atoms with Crippen LogP contribution in [0.15, 0.2) is 10.6 Å². The Balaban J connectivity index is 2.01. The number of aliphatic hydroxyl groups excluding tert-OH is 1. The summed E-state index contributed by atoms with van der Waals surface area (Å²) in [5.41, 5.74) is -0.515. The largest absolute Gasteiger partial charge is 0.395 e. The fourth-order valence-corrected chi connectivity index (χ4v) is 2.04. The zero-order chi connectivity index (χ0) is 14.8. The van der Waals surface area contributed by atoms with Crippen molar-refractivity contribution in [2.24, 2.45) is 0 Å². The van der Waals surface area contributed by atoms with Crippen LogP contribution in [0.3, 0.4) is 0 Å². The quantitative estimate of drug-likeness (QED) is 0.708. The molecule has 7 heteroatoms. The molecule has 1 saturated heterocycles. The minimum absolute atomic E-state index is 0.0507. The van der Waals surface area contributed by atoms with E-state index in [4.69, 9.17) is 4.52 Å². The first kappa shape index (κ1) is 15.0. The molecule has 2 rings (SSSR count). The fraction of sp³-hybridized carbons (Fsp3) is 0.692. The lowest BCUT2D eigenvalue weighted by atomic mass is 9.92. The second-order valence-corrected chi connectivity index (χ2v) is 5.81. The van der Waals surface area contributed by atoms with E-state index >= 15 is 0 Å². The van der Waals surface area contributed by atoms with Gasteiger partial charge in [-0.25, -0.2) is 0 Å². The van der Waals surface area contributed by atoms with Crippen LogP contribution in [0.2, 0.25) is 0 Å². The van der Waals surface area contributed by atoms with Gasteiger partial charge in [0.05, 0.1) is 6.61 Å². The Labute approximate surface area is 118 Å². The van der Waals surface area contributed by atoms with Gasteiger partial charge in [-0.05, 0) is 7.05 Å².